The van der Waals surface area contributed by atoms with Gasteiger partial charge in [0, 0.05) is 44.0 Å². The zero-order chi connectivity index (χ0) is 26.6. The Kier molecular flexibility index (Phi) is 7.50. The summed E-state index contributed by atoms with van der Waals surface area (Å²) in [6, 6.07) is 6.74. The minimum Gasteiger partial charge on any atom is -0.493 e. The number of benzene rings is 1. The van der Waals surface area contributed by atoms with E-state index in [4.69, 9.17) is 14.2 Å². The zero-order valence-electron chi connectivity index (χ0n) is 20.3. The molecular weight excluding hydrogens is 495 g/mol. The molecule has 10 nitrogen and oxygen atoms in total. The first-order chi connectivity index (χ1) is 17.7. The second-order valence-electron chi connectivity index (χ2n) is 7.93. The molecule has 0 spiro atoms. The molecule has 3 heterocycles. The minimum atomic E-state index is -4.71. The molecule has 196 valence electrons. The van der Waals surface area contributed by atoms with Crippen LogP contribution in [0.25, 0.3) is 17.5 Å². The Bertz CT molecular complexity index is 1240. The number of halogens is 3. The number of anilines is 1. The molecule has 1 fully saturated rings. The summed E-state index contributed by atoms with van der Waals surface area (Å²) in [7, 11) is 4.56. The van der Waals surface area contributed by atoms with Crippen LogP contribution in [0.15, 0.2) is 41.1 Å². The van der Waals surface area contributed by atoms with Crippen LogP contribution in [0.4, 0.5) is 19.0 Å². The van der Waals surface area contributed by atoms with E-state index < -0.39 is 12.1 Å². The van der Waals surface area contributed by atoms with Crippen molar-refractivity contribution in [2.24, 2.45) is 0 Å². The van der Waals surface area contributed by atoms with E-state index in [1.54, 1.807) is 35.2 Å². The molecule has 1 aliphatic heterocycles. The number of ether oxygens (including phenoxy) is 3. The molecular formula is C24H24F3N5O5. The van der Waals surface area contributed by atoms with Crippen LogP contribution in [0, 0.1) is 0 Å². The number of amides is 1. The highest BCUT2D eigenvalue weighted by Crippen LogP contribution is 2.38. The third-order valence-electron chi connectivity index (χ3n) is 5.70. The predicted octanol–water partition coefficient (Wildman–Crippen LogP) is 3.54. The maximum absolute atomic E-state index is 12.7. The Morgan fingerprint density at radius 3 is 2.22 bits per heavy atom. The van der Waals surface area contributed by atoms with Gasteiger partial charge in [-0.2, -0.15) is 18.2 Å². The second kappa shape index (κ2) is 10.8. The quantitative estimate of drug-likeness (QED) is 0.434. The van der Waals surface area contributed by atoms with Crippen LogP contribution in [0.1, 0.15) is 11.5 Å². The lowest BCUT2D eigenvalue weighted by Gasteiger charge is -2.35. The SMILES string of the molecule is COc1cc(/C=C\C(=O)N2CCN(c3ccc(-c4noc(C(F)(F)F)n4)cn3)CC2)cc(OC)c1OC. The van der Waals surface area contributed by atoms with Gasteiger partial charge in [-0.1, -0.05) is 5.16 Å². The van der Waals surface area contributed by atoms with Crippen molar-refractivity contribution < 1.29 is 36.7 Å². The molecule has 1 amide bonds. The van der Waals surface area contributed by atoms with Gasteiger partial charge < -0.3 is 28.5 Å². The molecule has 0 aliphatic carbocycles. The van der Waals surface area contributed by atoms with Crippen LogP contribution < -0.4 is 19.1 Å². The normalized spacial score (nSPS) is 14.2. The van der Waals surface area contributed by atoms with Crippen molar-refractivity contribution >= 4 is 17.8 Å². The highest BCUT2D eigenvalue weighted by molar-refractivity contribution is 5.92. The molecule has 1 aromatic carbocycles. The number of carbonyl (C=O) groups is 1. The number of alkyl halides is 3. The topological polar surface area (TPSA) is 103 Å². The summed E-state index contributed by atoms with van der Waals surface area (Å²) in [5, 5.41) is 3.36. The van der Waals surface area contributed by atoms with Crippen molar-refractivity contribution in [3.8, 4) is 28.6 Å². The molecule has 0 bridgehead atoms. The summed E-state index contributed by atoms with van der Waals surface area (Å²) >= 11 is 0. The molecule has 0 unspecified atom stereocenters. The van der Waals surface area contributed by atoms with Crippen molar-refractivity contribution in [1.82, 2.24) is 20.0 Å². The maximum Gasteiger partial charge on any atom is 0.471 e. The first-order valence-corrected chi connectivity index (χ1v) is 11.1. The molecule has 0 atom stereocenters. The standard InChI is InChI=1S/C24H24F3N5O5/c1-34-17-12-15(13-18(35-2)21(17)36-3)4-7-20(33)32-10-8-31(9-11-32)19-6-5-16(14-28-19)22-29-23(37-30-22)24(25,26)27/h4-7,12-14H,8-11H2,1-3H3/b7-4-. The van der Waals surface area contributed by atoms with Crippen LogP contribution in [0.2, 0.25) is 0 Å². The molecule has 1 aliphatic rings. The third-order valence-corrected chi connectivity index (χ3v) is 5.70. The number of carbonyl (C=O) groups excluding carboxylic acids is 1. The molecule has 0 N–H and O–H groups in total. The van der Waals surface area contributed by atoms with E-state index in [-0.39, 0.29) is 11.7 Å². The highest BCUT2D eigenvalue weighted by atomic mass is 19.4. The summed E-state index contributed by atoms with van der Waals surface area (Å²) in [6.07, 6.45) is -0.150. The number of hydrogen-bond acceptors (Lipinski definition) is 9. The molecule has 37 heavy (non-hydrogen) atoms. The highest BCUT2D eigenvalue weighted by Gasteiger charge is 2.38. The minimum absolute atomic E-state index is 0.144. The van der Waals surface area contributed by atoms with Gasteiger partial charge in [-0.05, 0) is 35.9 Å². The van der Waals surface area contributed by atoms with Gasteiger partial charge in [-0.15, -0.1) is 0 Å². The van der Waals surface area contributed by atoms with Crippen molar-refractivity contribution in [2.75, 3.05) is 52.4 Å². The summed E-state index contributed by atoms with van der Waals surface area (Å²) in [6.45, 7) is 2.02. The summed E-state index contributed by atoms with van der Waals surface area (Å²) in [5.74, 6) is 0.321. The van der Waals surface area contributed by atoms with Crippen LogP contribution in [0.5, 0.6) is 17.2 Å². The zero-order valence-corrected chi connectivity index (χ0v) is 20.3. The van der Waals surface area contributed by atoms with Gasteiger partial charge >= 0.3 is 12.1 Å². The Labute approximate surface area is 210 Å². The fourth-order valence-electron chi connectivity index (χ4n) is 3.79. The van der Waals surface area contributed by atoms with E-state index in [0.717, 1.165) is 5.56 Å². The third kappa shape index (κ3) is 5.76. The summed E-state index contributed by atoms with van der Waals surface area (Å²) < 4.78 is 58.3. The van der Waals surface area contributed by atoms with E-state index in [1.165, 1.54) is 33.6 Å². The molecule has 13 heteroatoms. The first kappa shape index (κ1) is 25.8. The smallest absolute Gasteiger partial charge is 0.471 e. The molecule has 3 aromatic rings. The molecule has 0 radical (unpaired) electrons. The van der Waals surface area contributed by atoms with Crippen LogP contribution in [0.3, 0.4) is 0 Å². The number of methoxy groups -OCH3 is 3. The number of rotatable bonds is 7. The lowest BCUT2D eigenvalue weighted by molar-refractivity contribution is -0.159. The Morgan fingerprint density at radius 1 is 1.03 bits per heavy atom. The van der Waals surface area contributed by atoms with E-state index >= 15 is 0 Å². The Hall–Kier alpha value is -4.29. The summed E-state index contributed by atoms with van der Waals surface area (Å²) in [5.41, 5.74) is 1.02. The van der Waals surface area contributed by atoms with Gasteiger partial charge in [0.2, 0.25) is 17.5 Å². The van der Waals surface area contributed by atoms with Gasteiger partial charge in [-0.25, -0.2) is 4.98 Å². The number of piperazine rings is 1. The van der Waals surface area contributed by atoms with Crippen molar-refractivity contribution in [1.29, 1.82) is 0 Å². The molecule has 4 rings (SSSR count). The van der Waals surface area contributed by atoms with E-state index in [0.29, 0.717) is 54.8 Å². The lowest BCUT2D eigenvalue weighted by atomic mass is 10.1. The predicted molar refractivity (Wildman–Crippen MR) is 126 cm³/mol. The van der Waals surface area contributed by atoms with E-state index in [9.17, 15) is 18.0 Å². The monoisotopic (exact) mass is 519 g/mol. The van der Waals surface area contributed by atoms with Gasteiger partial charge in [-0.3, -0.25) is 4.79 Å². The first-order valence-electron chi connectivity index (χ1n) is 11.1. The molecule has 2 aromatic heterocycles. The average molecular weight is 519 g/mol. The van der Waals surface area contributed by atoms with E-state index in [1.807, 2.05) is 4.90 Å². The Morgan fingerprint density at radius 2 is 1.70 bits per heavy atom. The van der Waals surface area contributed by atoms with Crippen molar-refractivity contribution in [3.05, 3.63) is 48.0 Å². The molecule has 0 saturated carbocycles. The van der Waals surface area contributed by atoms with E-state index in [2.05, 4.69) is 19.6 Å². The van der Waals surface area contributed by atoms with Crippen LogP contribution in [-0.2, 0) is 11.0 Å². The second-order valence-corrected chi connectivity index (χ2v) is 7.93. The number of hydrogen-bond donors (Lipinski definition) is 0. The number of nitrogens with zero attached hydrogens (tertiary/aromatic N) is 5. The average Bonchev–Trinajstić information content (AvgIpc) is 3.42. The van der Waals surface area contributed by atoms with Crippen LogP contribution >= 0.6 is 0 Å². The summed E-state index contributed by atoms with van der Waals surface area (Å²) in [4.78, 5) is 24.1. The van der Waals surface area contributed by atoms with Gasteiger partial charge in [0.05, 0.1) is 21.3 Å². The molecule has 1 saturated heterocycles. The number of aromatic nitrogens is 3. The Balaban J connectivity index is 1.35. The lowest BCUT2D eigenvalue weighted by Crippen LogP contribution is -2.48. The fraction of sp³-hybridized carbons (Fsp3) is 0.333. The largest absolute Gasteiger partial charge is 0.493 e. The van der Waals surface area contributed by atoms with Gasteiger partial charge in [0.25, 0.3) is 0 Å². The van der Waals surface area contributed by atoms with Crippen molar-refractivity contribution in [2.45, 2.75) is 6.18 Å². The fourth-order valence-corrected chi connectivity index (χ4v) is 3.79. The maximum atomic E-state index is 12.7. The van der Waals surface area contributed by atoms with Crippen molar-refractivity contribution in [3.63, 3.8) is 0 Å². The van der Waals surface area contributed by atoms with Gasteiger partial charge in [0.1, 0.15) is 5.82 Å². The van der Waals surface area contributed by atoms with Crippen LogP contribution in [-0.4, -0.2) is 73.4 Å². The number of pyridine rings is 1. The van der Waals surface area contributed by atoms with Gasteiger partial charge in [0.15, 0.2) is 11.5 Å².